The number of unbranched alkanes of at least 4 members (excludes halogenated alkanes) is 1. The molecule has 1 aromatic rings. The fourth-order valence-corrected chi connectivity index (χ4v) is 3.05. The molecule has 1 aliphatic heterocycles. The lowest BCUT2D eigenvalue weighted by Crippen LogP contribution is -2.45. The minimum Gasteiger partial charge on any atom is -0.500 e. The molecule has 9 heteroatoms. The molecule has 25 heavy (non-hydrogen) atoms. The maximum atomic E-state index is 11.2. The fourth-order valence-electron chi connectivity index (χ4n) is 3.05. The quantitative estimate of drug-likeness (QED) is 0.543. The van der Waals surface area contributed by atoms with Crippen molar-refractivity contribution in [3.05, 3.63) is 27.8 Å². The largest absolute Gasteiger partial charge is 0.500 e. The zero-order valence-corrected chi connectivity index (χ0v) is 16.2. The van der Waals surface area contributed by atoms with E-state index in [9.17, 15) is 15.2 Å². The first kappa shape index (κ1) is 23.7. The molecule has 2 rings (SSSR count). The Morgan fingerprint density at radius 3 is 2.52 bits per heavy atom. The van der Waals surface area contributed by atoms with Gasteiger partial charge in [0.15, 0.2) is 5.75 Å². The molecule has 7 nitrogen and oxygen atoms in total. The standard InChI is InChI=1S/C16H25N3O4.2ClH/c1-3-4-5-13(18-8-6-17-7-9-18)12-10-14(19(21)22)16(20)15(11-12)23-2;;/h10-11,13,17,20H,3-9H2,1-2H3;2*1H/t13-;;/m1../s1. The SMILES string of the molecule is CCCC[C@H](c1cc(OC)c(O)c([N+](=O)[O-])c1)N1CCNCC1.Cl.Cl. The minimum atomic E-state index is -0.560. The van der Waals surface area contributed by atoms with Crippen molar-refractivity contribution in [2.24, 2.45) is 0 Å². The maximum Gasteiger partial charge on any atom is 0.314 e. The van der Waals surface area contributed by atoms with E-state index in [2.05, 4.69) is 17.1 Å². The second-order valence-electron chi connectivity index (χ2n) is 5.79. The molecule has 2 N–H and O–H groups in total. The molecular formula is C16H27Cl2N3O4. The van der Waals surface area contributed by atoms with Crippen molar-refractivity contribution < 1.29 is 14.8 Å². The molecule has 0 saturated carbocycles. The predicted octanol–water partition coefficient (Wildman–Crippen LogP) is 3.29. The van der Waals surface area contributed by atoms with Crippen LogP contribution in [0.3, 0.4) is 0 Å². The van der Waals surface area contributed by atoms with Gasteiger partial charge in [0.05, 0.1) is 12.0 Å². The van der Waals surface area contributed by atoms with Crippen LogP contribution in [0.25, 0.3) is 0 Å². The average molecular weight is 396 g/mol. The molecule has 0 aromatic heterocycles. The van der Waals surface area contributed by atoms with Crippen molar-refractivity contribution in [3.8, 4) is 11.5 Å². The van der Waals surface area contributed by atoms with Gasteiger partial charge in [-0.2, -0.15) is 0 Å². The number of piperazine rings is 1. The molecule has 0 amide bonds. The third-order valence-corrected chi connectivity index (χ3v) is 4.30. The highest BCUT2D eigenvalue weighted by Gasteiger charge is 2.27. The number of methoxy groups -OCH3 is 1. The first-order valence-corrected chi connectivity index (χ1v) is 8.08. The number of nitro benzene ring substituents is 1. The number of aromatic hydroxyl groups is 1. The van der Waals surface area contributed by atoms with Gasteiger partial charge >= 0.3 is 5.69 Å². The number of phenolic OH excluding ortho intramolecular Hbond substituents is 1. The van der Waals surface area contributed by atoms with Crippen LogP contribution in [0.15, 0.2) is 12.1 Å². The van der Waals surface area contributed by atoms with Crippen molar-refractivity contribution in [1.29, 1.82) is 0 Å². The molecular weight excluding hydrogens is 369 g/mol. The lowest BCUT2D eigenvalue weighted by Gasteiger charge is -2.35. The first-order valence-electron chi connectivity index (χ1n) is 8.08. The monoisotopic (exact) mass is 395 g/mol. The molecule has 0 unspecified atom stereocenters. The highest BCUT2D eigenvalue weighted by atomic mass is 35.5. The van der Waals surface area contributed by atoms with Gasteiger partial charge in [-0.3, -0.25) is 15.0 Å². The zero-order chi connectivity index (χ0) is 16.8. The number of nitrogens with zero attached hydrogens (tertiary/aromatic N) is 2. The summed E-state index contributed by atoms with van der Waals surface area (Å²) in [4.78, 5) is 13.0. The first-order chi connectivity index (χ1) is 11.1. The van der Waals surface area contributed by atoms with Crippen LogP contribution in [-0.2, 0) is 0 Å². The van der Waals surface area contributed by atoms with E-state index < -0.39 is 10.7 Å². The Morgan fingerprint density at radius 2 is 2.00 bits per heavy atom. The number of rotatable bonds is 7. The third-order valence-electron chi connectivity index (χ3n) is 4.30. The fraction of sp³-hybridized carbons (Fsp3) is 0.625. The van der Waals surface area contributed by atoms with Crippen molar-refractivity contribution in [2.45, 2.75) is 32.2 Å². The minimum absolute atomic E-state index is 0. The Morgan fingerprint density at radius 1 is 1.36 bits per heavy atom. The highest BCUT2D eigenvalue weighted by molar-refractivity contribution is 5.85. The van der Waals surface area contributed by atoms with Crippen LogP contribution in [0, 0.1) is 10.1 Å². The predicted molar refractivity (Wildman–Crippen MR) is 103 cm³/mol. The molecule has 0 radical (unpaired) electrons. The number of ether oxygens (including phenoxy) is 1. The molecule has 1 aliphatic rings. The summed E-state index contributed by atoms with van der Waals surface area (Å²) in [5.74, 6) is -0.248. The number of nitrogens with one attached hydrogen (secondary N) is 1. The van der Waals surface area contributed by atoms with Crippen molar-refractivity contribution in [3.63, 3.8) is 0 Å². The number of halogens is 2. The van der Waals surface area contributed by atoms with E-state index in [-0.39, 0.29) is 42.3 Å². The Kier molecular flexibility index (Phi) is 10.8. The second-order valence-corrected chi connectivity index (χ2v) is 5.79. The second kappa shape index (κ2) is 11.4. The van der Waals surface area contributed by atoms with Gasteiger partial charge < -0.3 is 15.2 Å². The Labute approximate surface area is 160 Å². The normalized spacial score (nSPS) is 15.6. The molecule has 144 valence electrons. The van der Waals surface area contributed by atoms with Crippen LogP contribution in [0.5, 0.6) is 11.5 Å². The van der Waals surface area contributed by atoms with Crippen molar-refractivity contribution >= 4 is 30.5 Å². The van der Waals surface area contributed by atoms with Crippen LogP contribution < -0.4 is 10.1 Å². The summed E-state index contributed by atoms with van der Waals surface area (Å²) in [6.45, 7) is 5.78. The van der Waals surface area contributed by atoms with Gasteiger partial charge in [0.2, 0.25) is 5.75 Å². The zero-order valence-electron chi connectivity index (χ0n) is 14.6. The molecule has 1 heterocycles. The van der Waals surface area contributed by atoms with Gasteiger partial charge in [-0.25, -0.2) is 0 Å². The third kappa shape index (κ3) is 5.88. The van der Waals surface area contributed by atoms with Crippen molar-refractivity contribution in [2.75, 3.05) is 33.3 Å². The Balaban J connectivity index is 0.00000288. The maximum absolute atomic E-state index is 11.2. The van der Waals surface area contributed by atoms with Gasteiger partial charge in [-0.05, 0) is 18.1 Å². The summed E-state index contributed by atoms with van der Waals surface area (Å²) in [6.07, 6.45) is 3.05. The number of hydrogen-bond acceptors (Lipinski definition) is 6. The van der Waals surface area contributed by atoms with Gasteiger partial charge in [0, 0.05) is 38.3 Å². The molecule has 1 fully saturated rings. The Bertz CT molecular complexity index is 554. The summed E-state index contributed by atoms with van der Waals surface area (Å²) >= 11 is 0. The number of nitro groups is 1. The summed E-state index contributed by atoms with van der Waals surface area (Å²) in [7, 11) is 1.41. The lowest BCUT2D eigenvalue weighted by molar-refractivity contribution is -0.386. The van der Waals surface area contributed by atoms with E-state index in [4.69, 9.17) is 4.74 Å². The van der Waals surface area contributed by atoms with Gasteiger partial charge in [0.25, 0.3) is 0 Å². The molecule has 0 aliphatic carbocycles. The van der Waals surface area contributed by atoms with Crippen LogP contribution in [0.1, 0.15) is 37.8 Å². The van der Waals surface area contributed by atoms with E-state index in [1.807, 2.05) is 0 Å². The topological polar surface area (TPSA) is 87.9 Å². The van der Waals surface area contributed by atoms with E-state index in [1.54, 1.807) is 6.07 Å². The lowest BCUT2D eigenvalue weighted by atomic mass is 9.97. The molecule has 0 spiro atoms. The summed E-state index contributed by atoms with van der Waals surface area (Å²) in [5, 5.41) is 24.5. The average Bonchev–Trinajstić information content (AvgIpc) is 2.57. The molecule has 1 aromatic carbocycles. The van der Waals surface area contributed by atoms with Gasteiger partial charge in [-0.1, -0.05) is 19.8 Å². The number of hydrogen-bond donors (Lipinski definition) is 2. The van der Waals surface area contributed by atoms with Crippen LogP contribution in [0.2, 0.25) is 0 Å². The molecule has 0 bridgehead atoms. The Hall–Kier alpha value is -1.28. The number of benzene rings is 1. The van der Waals surface area contributed by atoms with E-state index in [1.165, 1.54) is 13.2 Å². The highest BCUT2D eigenvalue weighted by Crippen LogP contribution is 2.40. The molecule has 1 atom stereocenters. The van der Waals surface area contributed by atoms with E-state index in [0.29, 0.717) is 0 Å². The van der Waals surface area contributed by atoms with Crippen LogP contribution >= 0.6 is 24.8 Å². The number of phenols is 1. The van der Waals surface area contributed by atoms with Crippen LogP contribution in [-0.4, -0.2) is 48.2 Å². The summed E-state index contributed by atoms with van der Waals surface area (Å²) < 4.78 is 5.13. The van der Waals surface area contributed by atoms with E-state index in [0.717, 1.165) is 51.0 Å². The molecule has 1 saturated heterocycles. The van der Waals surface area contributed by atoms with E-state index >= 15 is 0 Å². The van der Waals surface area contributed by atoms with Crippen LogP contribution in [0.4, 0.5) is 5.69 Å². The summed E-state index contributed by atoms with van der Waals surface area (Å²) in [6, 6.07) is 3.32. The smallest absolute Gasteiger partial charge is 0.314 e. The van der Waals surface area contributed by atoms with Crippen molar-refractivity contribution in [1.82, 2.24) is 10.2 Å². The summed E-state index contributed by atoms with van der Waals surface area (Å²) in [5.41, 5.74) is 0.540. The van der Waals surface area contributed by atoms with Gasteiger partial charge in [-0.15, -0.1) is 24.8 Å². The van der Waals surface area contributed by atoms with Gasteiger partial charge in [0.1, 0.15) is 0 Å².